The molecule has 28 heavy (non-hydrogen) atoms. The molecule has 0 aliphatic heterocycles. The van der Waals surface area contributed by atoms with E-state index >= 15 is 0 Å². The molecule has 2 N–H and O–H groups in total. The van der Waals surface area contributed by atoms with Crippen LogP contribution in [-0.2, 0) is 11.3 Å². The molecule has 2 amide bonds. The first-order valence-corrected chi connectivity index (χ1v) is 9.02. The molecule has 9 heteroatoms. The molecule has 0 bridgehead atoms. The largest absolute Gasteiger partial charge is 0.494 e. The summed E-state index contributed by atoms with van der Waals surface area (Å²) in [5.74, 6) is 0.0254. The van der Waals surface area contributed by atoms with Gasteiger partial charge in [-0.3, -0.25) is 25.2 Å². The van der Waals surface area contributed by atoms with Crippen LogP contribution in [0.5, 0.6) is 11.5 Å². The number of carbonyl (C=O) groups is 2. The zero-order valence-electron chi connectivity index (χ0n) is 16.1. The number of hydrazine groups is 1. The fraction of sp³-hybridized carbons (Fsp3) is 0.368. The maximum absolute atomic E-state index is 12.1. The summed E-state index contributed by atoms with van der Waals surface area (Å²) in [6.07, 6.45) is -0.144. The molecule has 0 aliphatic rings. The maximum atomic E-state index is 12.1. The van der Waals surface area contributed by atoms with Gasteiger partial charge in [-0.25, -0.2) is 4.68 Å². The molecule has 0 saturated carbocycles. The van der Waals surface area contributed by atoms with Crippen LogP contribution < -0.4 is 25.9 Å². The smallest absolute Gasteiger partial charge is 0.290 e. The normalized spacial score (nSPS) is 11.4. The van der Waals surface area contributed by atoms with Crippen molar-refractivity contribution in [3.05, 3.63) is 52.4 Å². The number of hydrogen-bond donors (Lipinski definition) is 2. The molecular weight excluding hydrogens is 364 g/mol. The van der Waals surface area contributed by atoms with Crippen LogP contribution in [0.15, 0.2) is 41.2 Å². The predicted molar refractivity (Wildman–Crippen MR) is 102 cm³/mol. The number of aromatic nitrogens is 2. The lowest BCUT2D eigenvalue weighted by molar-refractivity contribution is -0.128. The summed E-state index contributed by atoms with van der Waals surface area (Å²) in [7, 11) is 0. The van der Waals surface area contributed by atoms with Crippen molar-refractivity contribution in [2.45, 2.75) is 39.8 Å². The van der Waals surface area contributed by atoms with Crippen molar-refractivity contribution in [1.29, 1.82) is 0 Å². The quantitative estimate of drug-likeness (QED) is 0.659. The standard InChI is InChI=1S/C19H24N4O5/c1-4-12-23-17(24)11-10-16(22-23)19(26)21-20-18(25)13(3)28-15-8-6-14(7-9-15)27-5-2/h6-11,13H,4-5,12H2,1-3H3,(H,20,25)(H,21,26)/t13-/m1/s1. The predicted octanol–water partition coefficient (Wildman–Crippen LogP) is 1.28. The second-order valence-corrected chi connectivity index (χ2v) is 5.89. The summed E-state index contributed by atoms with van der Waals surface area (Å²) in [5.41, 5.74) is 4.28. The van der Waals surface area contributed by atoms with Crippen molar-refractivity contribution in [1.82, 2.24) is 20.6 Å². The first-order valence-electron chi connectivity index (χ1n) is 9.02. The summed E-state index contributed by atoms with van der Waals surface area (Å²) in [5, 5.41) is 3.97. The molecule has 2 aromatic rings. The summed E-state index contributed by atoms with van der Waals surface area (Å²) in [4.78, 5) is 35.9. The Morgan fingerprint density at radius 1 is 1.07 bits per heavy atom. The lowest BCUT2D eigenvalue weighted by atomic mass is 10.3. The Hall–Kier alpha value is -3.36. The molecule has 2 rings (SSSR count). The SMILES string of the molecule is CCCn1nc(C(=O)NNC(=O)[C@@H](C)Oc2ccc(OCC)cc2)ccc1=O. The van der Waals surface area contributed by atoms with Crippen LogP contribution in [0, 0.1) is 0 Å². The number of nitrogens with zero attached hydrogens (tertiary/aromatic N) is 2. The Morgan fingerprint density at radius 2 is 1.75 bits per heavy atom. The van der Waals surface area contributed by atoms with Crippen molar-refractivity contribution in [2.75, 3.05) is 6.61 Å². The van der Waals surface area contributed by atoms with E-state index in [-0.39, 0.29) is 11.3 Å². The molecule has 1 heterocycles. The van der Waals surface area contributed by atoms with E-state index in [0.717, 1.165) is 0 Å². The molecule has 0 aliphatic carbocycles. The number of ether oxygens (including phenoxy) is 2. The van der Waals surface area contributed by atoms with E-state index in [9.17, 15) is 14.4 Å². The fourth-order valence-corrected chi connectivity index (χ4v) is 2.26. The highest BCUT2D eigenvalue weighted by molar-refractivity contribution is 5.93. The average Bonchev–Trinajstić information content (AvgIpc) is 2.69. The van der Waals surface area contributed by atoms with Gasteiger partial charge in [-0.1, -0.05) is 6.92 Å². The lowest BCUT2D eigenvalue weighted by Crippen LogP contribution is -2.47. The highest BCUT2D eigenvalue weighted by Gasteiger charge is 2.17. The number of nitrogens with one attached hydrogen (secondary N) is 2. The van der Waals surface area contributed by atoms with Gasteiger partial charge in [0.2, 0.25) is 0 Å². The van der Waals surface area contributed by atoms with Gasteiger partial charge in [0.05, 0.1) is 6.61 Å². The number of carbonyl (C=O) groups excluding carboxylic acids is 2. The van der Waals surface area contributed by atoms with Crippen LogP contribution in [-0.4, -0.2) is 34.3 Å². The molecule has 0 radical (unpaired) electrons. The van der Waals surface area contributed by atoms with E-state index in [1.165, 1.54) is 16.8 Å². The van der Waals surface area contributed by atoms with E-state index in [0.29, 0.717) is 31.1 Å². The first kappa shape index (κ1) is 20.9. The second-order valence-electron chi connectivity index (χ2n) is 5.89. The Bertz CT molecular complexity index is 863. The van der Waals surface area contributed by atoms with Gasteiger partial charge in [0.25, 0.3) is 17.4 Å². The number of hydrogen-bond acceptors (Lipinski definition) is 6. The average molecular weight is 388 g/mol. The van der Waals surface area contributed by atoms with Crippen molar-refractivity contribution in [2.24, 2.45) is 0 Å². The summed E-state index contributed by atoms with van der Waals surface area (Å²) in [6.45, 7) is 6.30. The van der Waals surface area contributed by atoms with Crippen molar-refractivity contribution >= 4 is 11.8 Å². The third-order valence-electron chi connectivity index (χ3n) is 3.65. The van der Waals surface area contributed by atoms with Gasteiger partial charge in [0, 0.05) is 12.6 Å². The molecule has 1 atom stereocenters. The third-order valence-corrected chi connectivity index (χ3v) is 3.65. The van der Waals surface area contributed by atoms with Crippen LogP contribution in [0.25, 0.3) is 0 Å². The van der Waals surface area contributed by atoms with E-state index < -0.39 is 17.9 Å². The van der Waals surface area contributed by atoms with Crippen LogP contribution in [0.1, 0.15) is 37.7 Å². The van der Waals surface area contributed by atoms with Crippen LogP contribution in [0.4, 0.5) is 0 Å². The third kappa shape index (κ3) is 5.83. The summed E-state index contributed by atoms with van der Waals surface area (Å²) < 4.78 is 12.1. The van der Waals surface area contributed by atoms with Gasteiger partial charge in [-0.05, 0) is 50.6 Å². The summed E-state index contributed by atoms with van der Waals surface area (Å²) >= 11 is 0. The molecule has 0 fully saturated rings. The van der Waals surface area contributed by atoms with Crippen molar-refractivity contribution in [3.8, 4) is 11.5 Å². The highest BCUT2D eigenvalue weighted by Crippen LogP contribution is 2.18. The minimum atomic E-state index is -0.847. The minimum Gasteiger partial charge on any atom is -0.494 e. The van der Waals surface area contributed by atoms with Gasteiger partial charge in [0.15, 0.2) is 11.8 Å². The maximum Gasteiger partial charge on any atom is 0.290 e. The number of benzene rings is 1. The Morgan fingerprint density at radius 3 is 2.39 bits per heavy atom. The van der Waals surface area contributed by atoms with Gasteiger partial charge in [-0.15, -0.1) is 0 Å². The Kier molecular flexibility index (Phi) is 7.55. The number of rotatable bonds is 8. The summed E-state index contributed by atoms with van der Waals surface area (Å²) in [6, 6.07) is 9.42. The van der Waals surface area contributed by atoms with Crippen LogP contribution in [0.3, 0.4) is 0 Å². The molecular formula is C19H24N4O5. The van der Waals surface area contributed by atoms with Crippen LogP contribution in [0.2, 0.25) is 0 Å². The topological polar surface area (TPSA) is 112 Å². The molecule has 1 aromatic heterocycles. The molecule has 9 nitrogen and oxygen atoms in total. The van der Waals surface area contributed by atoms with Gasteiger partial charge >= 0.3 is 0 Å². The lowest BCUT2D eigenvalue weighted by Gasteiger charge is -2.15. The van der Waals surface area contributed by atoms with Crippen molar-refractivity contribution < 1.29 is 19.1 Å². The number of amides is 2. The van der Waals surface area contributed by atoms with Crippen LogP contribution >= 0.6 is 0 Å². The highest BCUT2D eigenvalue weighted by atomic mass is 16.5. The van der Waals surface area contributed by atoms with Gasteiger partial charge in [-0.2, -0.15) is 5.10 Å². The molecule has 150 valence electrons. The zero-order valence-corrected chi connectivity index (χ0v) is 16.1. The van der Waals surface area contributed by atoms with E-state index in [4.69, 9.17) is 9.47 Å². The Labute approximate surface area is 162 Å². The second kappa shape index (κ2) is 10.1. The zero-order chi connectivity index (χ0) is 20.5. The fourth-order valence-electron chi connectivity index (χ4n) is 2.26. The van der Waals surface area contributed by atoms with E-state index in [2.05, 4.69) is 16.0 Å². The monoisotopic (exact) mass is 388 g/mol. The Balaban J connectivity index is 1.89. The molecule has 0 unspecified atom stereocenters. The molecule has 0 saturated heterocycles. The van der Waals surface area contributed by atoms with Gasteiger partial charge in [0.1, 0.15) is 11.5 Å². The van der Waals surface area contributed by atoms with Crippen molar-refractivity contribution in [3.63, 3.8) is 0 Å². The van der Waals surface area contributed by atoms with E-state index in [1.807, 2.05) is 13.8 Å². The van der Waals surface area contributed by atoms with E-state index in [1.54, 1.807) is 31.2 Å². The minimum absolute atomic E-state index is 0.0217. The first-order chi connectivity index (χ1) is 13.4. The molecule has 1 aromatic carbocycles. The molecule has 0 spiro atoms. The van der Waals surface area contributed by atoms with Gasteiger partial charge < -0.3 is 9.47 Å². The number of aryl methyl sites for hydroxylation is 1.